The quantitative estimate of drug-likeness (QED) is 0.393. The summed E-state index contributed by atoms with van der Waals surface area (Å²) in [4.78, 5) is 38.6. The van der Waals surface area contributed by atoms with Crippen LogP contribution in [-0.2, 0) is 23.9 Å². The van der Waals surface area contributed by atoms with Crippen LogP contribution >= 0.6 is 0 Å². The third kappa shape index (κ3) is 6.28. The molecule has 0 spiro atoms. The van der Waals surface area contributed by atoms with Gasteiger partial charge in [-0.1, -0.05) is 66.7 Å². The highest BCUT2D eigenvalue weighted by molar-refractivity contribution is 6.08. The third-order valence-electron chi connectivity index (χ3n) is 4.37. The standard InChI is InChI=1S/C25H29NO5/c1-6-17-25(26-18(2)27,23(29)31-24(3,4)5)22(28)30-21(19-13-9-7-10-14-19)20-15-11-8-12-16-20/h6-16,21H,1,17H2,2-5H3,(H,26,27). The number of benzene rings is 2. The molecule has 0 saturated heterocycles. The average molecular weight is 424 g/mol. The number of carbonyl (C=O) groups excluding carboxylic acids is 3. The Balaban J connectivity index is 2.51. The van der Waals surface area contributed by atoms with Crippen molar-refractivity contribution in [1.29, 1.82) is 0 Å². The minimum absolute atomic E-state index is 0.184. The van der Waals surface area contributed by atoms with Crippen molar-refractivity contribution >= 4 is 17.8 Å². The van der Waals surface area contributed by atoms with Gasteiger partial charge in [0.1, 0.15) is 5.60 Å². The summed E-state index contributed by atoms with van der Waals surface area (Å²) in [6.45, 7) is 9.91. The summed E-state index contributed by atoms with van der Waals surface area (Å²) < 4.78 is 11.3. The van der Waals surface area contributed by atoms with Gasteiger partial charge in [0, 0.05) is 13.3 Å². The van der Waals surface area contributed by atoms with Gasteiger partial charge in [-0.3, -0.25) is 4.79 Å². The zero-order chi connectivity index (χ0) is 23.1. The number of hydrogen-bond donors (Lipinski definition) is 1. The fourth-order valence-corrected chi connectivity index (χ4v) is 3.08. The Labute approximate surface area is 183 Å². The molecule has 0 aliphatic heterocycles. The minimum atomic E-state index is -2.05. The Morgan fingerprint density at radius 3 is 1.81 bits per heavy atom. The van der Waals surface area contributed by atoms with E-state index in [0.29, 0.717) is 0 Å². The second-order valence-corrected chi connectivity index (χ2v) is 8.19. The lowest BCUT2D eigenvalue weighted by Gasteiger charge is -2.33. The zero-order valence-electron chi connectivity index (χ0n) is 18.4. The molecule has 6 heteroatoms. The number of ether oxygens (including phenoxy) is 2. The van der Waals surface area contributed by atoms with E-state index in [2.05, 4.69) is 11.9 Å². The van der Waals surface area contributed by atoms with Crippen LogP contribution in [-0.4, -0.2) is 29.0 Å². The van der Waals surface area contributed by atoms with Gasteiger partial charge in [-0.25, -0.2) is 9.59 Å². The van der Waals surface area contributed by atoms with Gasteiger partial charge in [0.2, 0.25) is 11.4 Å². The Morgan fingerprint density at radius 1 is 0.935 bits per heavy atom. The van der Waals surface area contributed by atoms with Crippen LogP contribution in [0, 0.1) is 0 Å². The molecule has 0 fully saturated rings. The summed E-state index contributed by atoms with van der Waals surface area (Å²) in [5.41, 5.74) is -1.48. The van der Waals surface area contributed by atoms with E-state index in [-0.39, 0.29) is 6.42 Å². The molecule has 2 aromatic rings. The van der Waals surface area contributed by atoms with E-state index < -0.39 is 35.1 Å². The lowest BCUT2D eigenvalue weighted by atomic mass is 9.93. The maximum atomic E-state index is 13.5. The largest absolute Gasteiger partial charge is 0.458 e. The normalized spacial score (nSPS) is 13.1. The predicted molar refractivity (Wildman–Crippen MR) is 118 cm³/mol. The third-order valence-corrected chi connectivity index (χ3v) is 4.37. The number of hydrogen-bond acceptors (Lipinski definition) is 5. The molecular weight excluding hydrogens is 394 g/mol. The van der Waals surface area contributed by atoms with Crippen molar-refractivity contribution in [3.63, 3.8) is 0 Å². The van der Waals surface area contributed by atoms with Gasteiger partial charge < -0.3 is 14.8 Å². The smallest absolute Gasteiger partial charge is 0.344 e. The molecule has 2 aromatic carbocycles. The van der Waals surface area contributed by atoms with Gasteiger partial charge in [0.05, 0.1) is 0 Å². The average Bonchev–Trinajstić information content (AvgIpc) is 2.71. The molecule has 0 radical (unpaired) electrons. The predicted octanol–water partition coefficient (Wildman–Crippen LogP) is 4.11. The Bertz CT molecular complexity index is 878. The van der Waals surface area contributed by atoms with Crippen LogP contribution in [0.25, 0.3) is 0 Å². The number of amides is 1. The van der Waals surface area contributed by atoms with Crippen molar-refractivity contribution in [2.45, 2.75) is 51.4 Å². The van der Waals surface area contributed by atoms with Gasteiger partial charge in [0.15, 0.2) is 6.10 Å². The molecule has 0 aliphatic carbocycles. The van der Waals surface area contributed by atoms with E-state index in [1.165, 1.54) is 13.0 Å². The van der Waals surface area contributed by atoms with E-state index >= 15 is 0 Å². The number of carbonyl (C=O) groups is 3. The van der Waals surface area contributed by atoms with Crippen LogP contribution in [0.5, 0.6) is 0 Å². The van der Waals surface area contributed by atoms with Crippen LogP contribution in [0.2, 0.25) is 0 Å². The number of rotatable bonds is 8. The van der Waals surface area contributed by atoms with Gasteiger partial charge in [0.25, 0.3) is 0 Å². The van der Waals surface area contributed by atoms with Crippen LogP contribution < -0.4 is 5.32 Å². The van der Waals surface area contributed by atoms with E-state index in [0.717, 1.165) is 11.1 Å². The first kappa shape index (κ1) is 23.9. The first-order chi connectivity index (χ1) is 14.6. The number of nitrogens with one attached hydrogen (secondary N) is 1. The van der Waals surface area contributed by atoms with Crippen molar-refractivity contribution < 1.29 is 23.9 Å². The van der Waals surface area contributed by atoms with E-state index in [1.807, 2.05) is 60.7 Å². The van der Waals surface area contributed by atoms with Crippen molar-refractivity contribution in [3.8, 4) is 0 Å². The van der Waals surface area contributed by atoms with Crippen LogP contribution in [0.15, 0.2) is 73.3 Å². The molecule has 1 amide bonds. The summed E-state index contributed by atoms with van der Waals surface area (Å²) in [5.74, 6) is -2.39. The zero-order valence-corrected chi connectivity index (χ0v) is 18.4. The van der Waals surface area contributed by atoms with Gasteiger partial charge in [-0.05, 0) is 31.9 Å². The Hall–Kier alpha value is -3.41. The summed E-state index contributed by atoms with van der Waals surface area (Å²) in [5, 5.41) is 2.47. The molecule has 2 rings (SSSR count). The highest BCUT2D eigenvalue weighted by atomic mass is 16.6. The molecule has 0 aromatic heterocycles. The Morgan fingerprint density at radius 2 is 1.42 bits per heavy atom. The molecule has 0 heterocycles. The maximum Gasteiger partial charge on any atom is 0.344 e. The van der Waals surface area contributed by atoms with Gasteiger partial charge >= 0.3 is 11.9 Å². The summed E-state index contributed by atoms with van der Waals surface area (Å²) in [6, 6.07) is 18.3. The lowest BCUT2D eigenvalue weighted by Crippen LogP contribution is -2.61. The van der Waals surface area contributed by atoms with E-state index in [9.17, 15) is 14.4 Å². The minimum Gasteiger partial charge on any atom is -0.458 e. The summed E-state index contributed by atoms with van der Waals surface area (Å²) in [6.07, 6.45) is 0.410. The molecule has 31 heavy (non-hydrogen) atoms. The first-order valence-electron chi connectivity index (χ1n) is 10.0. The van der Waals surface area contributed by atoms with Crippen LogP contribution in [0.4, 0.5) is 0 Å². The first-order valence-corrected chi connectivity index (χ1v) is 10.0. The van der Waals surface area contributed by atoms with Crippen LogP contribution in [0.1, 0.15) is 51.3 Å². The molecule has 0 saturated carbocycles. The lowest BCUT2D eigenvalue weighted by molar-refractivity contribution is -0.176. The monoisotopic (exact) mass is 423 g/mol. The fourth-order valence-electron chi connectivity index (χ4n) is 3.08. The van der Waals surface area contributed by atoms with E-state index in [1.54, 1.807) is 20.8 Å². The second-order valence-electron chi connectivity index (χ2n) is 8.19. The van der Waals surface area contributed by atoms with Gasteiger partial charge in [-0.2, -0.15) is 0 Å². The summed E-state index contributed by atoms with van der Waals surface area (Å²) >= 11 is 0. The Kier molecular flexibility index (Phi) is 7.75. The highest BCUT2D eigenvalue weighted by Crippen LogP contribution is 2.30. The molecule has 0 aliphatic rings. The SMILES string of the molecule is C=CCC(NC(C)=O)(C(=O)OC(c1ccccc1)c1ccccc1)C(=O)OC(C)(C)C. The molecule has 6 nitrogen and oxygen atoms in total. The summed E-state index contributed by atoms with van der Waals surface area (Å²) in [7, 11) is 0. The second kappa shape index (κ2) is 10.1. The molecule has 164 valence electrons. The van der Waals surface area contributed by atoms with Gasteiger partial charge in [-0.15, -0.1) is 6.58 Å². The van der Waals surface area contributed by atoms with Crippen molar-refractivity contribution in [2.75, 3.05) is 0 Å². The van der Waals surface area contributed by atoms with Crippen molar-refractivity contribution in [1.82, 2.24) is 5.32 Å². The molecule has 1 unspecified atom stereocenters. The molecule has 1 N–H and O–H groups in total. The molecule has 1 atom stereocenters. The molecule has 0 bridgehead atoms. The van der Waals surface area contributed by atoms with Crippen molar-refractivity contribution in [2.24, 2.45) is 0 Å². The van der Waals surface area contributed by atoms with E-state index in [4.69, 9.17) is 9.47 Å². The maximum absolute atomic E-state index is 13.5. The van der Waals surface area contributed by atoms with Crippen LogP contribution in [0.3, 0.4) is 0 Å². The fraction of sp³-hybridized carbons (Fsp3) is 0.320. The highest BCUT2D eigenvalue weighted by Gasteiger charge is 2.51. The topological polar surface area (TPSA) is 81.7 Å². The molecular formula is C25H29NO5. The van der Waals surface area contributed by atoms with Crippen molar-refractivity contribution in [3.05, 3.63) is 84.4 Å². The number of esters is 2.